The van der Waals surface area contributed by atoms with Crippen LogP contribution in [-0.2, 0) is 9.59 Å². The van der Waals surface area contributed by atoms with Crippen molar-refractivity contribution in [1.29, 1.82) is 0 Å². The number of rotatable bonds is 8. The summed E-state index contributed by atoms with van der Waals surface area (Å²) in [6.45, 7) is 3.05. The monoisotopic (exact) mass is 412 g/mol. The third-order valence-corrected chi connectivity index (χ3v) is 3.87. The number of benzene rings is 2. The molecular formula is C21H24N4O5. The van der Waals surface area contributed by atoms with Crippen molar-refractivity contribution in [1.82, 2.24) is 5.43 Å². The molecule has 2 rings (SSSR count). The molecule has 30 heavy (non-hydrogen) atoms. The maximum atomic E-state index is 12.3. The van der Waals surface area contributed by atoms with Gasteiger partial charge in [-0.05, 0) is 43.3 Å². The lowest BCUT2D eigenvalue weighted by Gasteiger charge is -2.08. The predicted octanol–water partition coefficient (Wildman–Crippen LogP) is 2.80. The van der Waals surface area contributed by atoms with Crippen molar-refractivity contribution in [3.8, 4) is 11.5 Å². The molecular weight excluding hydrogens is 388 g/mol. The molecule has 0 radical (unpaired) electrons. The van der Waals surface area contributed by atoms with E-state index in [-0.39, 0.29) is 18.2 Å². The zero-order chi connectivity index (χ0) is 22.1. The predicted molar refractivity (Wildman–Crippen MR) is 114 cm³/mol. The highest BCUT2D eigenvalue weighted by atomic mass is 16.5. The van der Waals surface area contributed by atoms with Gasteiger partial charge in [0, 0.05) is 35.6 Å². The second-order valence-electron chi connectivity index (χ2n) is 6.37. The van der Waals surface area contributed by atoms with Gasteiger partial charge in [0.25, 0.3) is 5.91 Å². The SMILES string of the molecule is COc1cc(OC)cc(C(=O)N/N=C(\C)CC(=O)Nc2ccc(NC(C)=O)cc2)c1. The highest BCUT2D eigenvalue weighted by Crippen LogP contribution is 2.22. The van der Waals surface area contributed by atoms with Gasteiger partial charge in [-0.25, -0.2) is 5.43 Å². The highest BCUT2D eigenvalue weighted by molar-refractivity contribution is 6.06. The first kappa shape index (κ1) is 22.4. The summed E-state index contributed by atoms with van der Waals surface area (Å²) in [5.41, 5.74) is 4.36. The Bertz CT molecular complexity index is 932. The quantitative estimate of drug-likeness (QED) is 0.455. The molecule has 158 valence electrons. The molecule has 0 saturated carbocycles. The van der Waals surface area contributed by atoms with E-state index >= 15 is 0 Å². The molecule has 0 bridgehead atoms. The smallest absolute Gasteiger partial charge is 0.271 e. The maximum Gasteiger partial charge on any atom is 0.271 e. The van der Waals surface area contributed by atoms with Gasteiger partial charge >= 0.3 is 0 Å². The van der Waals surface area contributed by atoms with Crippen LogP contribution in [0.2, 0.25) is 0 Å². The Balaban J connectivity index is 1.92. The number of hydrogen-bond acceptors (Lipinski definition) is 6. The Kier molecular flexibility index (Phi) is 7.92. The summed E-state index contributed by atoms with van der Waals surface area (Å²) >= 11 is 0. The summed E-state index contributed by atoms with van der Waals surface area (Å²) in [5, 5.41) is 9.34. The van der Waals surface area contributed by atoms with Crippen molar-refractivity contribution < 1.29 is 23.9 Å². The number of carbonyl (C=O) groups excluding carboxylic acids is 3. The number of methoxy groups -OCH3 is 2. The lowest BCUT2D eigenvalue weighted by atomic mass is 10.2. The fourth-order valence-corrected chi connectivity index (χ4v) is 2.47. The number of hydrazone groups is 1. The van der Waals surface area contributed by atoms with E-state index < -0.39 is 5.91 Å². The van der Waals surface area contributed by atoms with Crippen LogP contribution in [0.3, 0.4) is 0 Å². The molecule has 0 aromatic heterocycles. The van der Waals surface area contributed by atoms with E-state index in [4.69, 9.17) is 9.47 Å². The van der Waals surface area contributed by atoms with Crippen molar-refractivity contribution in [2.45, 2.75) is 20.3 Å². The molecule has 0 atom stereocenters. The van der Waals surface area contributed by atoms with Crippen LogP contribution in [0.25, 0.3) is 0 Å². The minimum absolute atomic E-state index is 0.00480. The van der Waals surface area contributed by atoms with Crippen LogP contribution in [0.4, 0.5) is 11.4 Å². The first-order valence-electron chi connectivity index (χ1n) is 9.04. The highest BCUT2D eigenvalue weighted by Gasteiger charge is 2.10. The molecule has 0 spiro atoms. The summed E-state index contributed by atoms with van der Waals surface area (Å²) in [6.07, 6.45) is -0.00480. The standard InChI is InChI=1S/C21H24N4O5/c1-13(9-20(27)23-17-7-5-16(6-8-17)22-14(2)26)24-25-21(28)15-10-18(29-3)12-19(11-15)30-4/h5-8,10-12H,9H2,1-4H3,(H,22,26)(H,23,27)(H,25,28)/b24-13+. The van der Waals surface area contributed by atoms with Gasteiger partial charge in [-0.1, -0.05) is 0 Å². The number of ether oxygens (including phenoxy) is 2. The maximum absolute atomic E-state index is 12.3. The first-order valence-corrected chi connectivity index (χ1v) is 9.04. The number of nitrogens with one attached hydrogen (secondary N) is 3. The Morgan fingerprint density at radius 1 is 0.867 bits per heavy atom. The van der Waals surface area contributed by atoms with Gasteiger partial charge < -0.3 is 20.1 Å². The summed E-state index contributed by atoms with van der Waals surface area (Å²) in [7, 11) is 2.98. The van der Waals surface area contributed by atoms with Crippen molar-refractivity contribution in [2.75, 3.05) is 24.9 Å². The fourth-order valence-electron chi connectivity index (χ4n) is 2.47. The molecule has 0 fully saturated rings. The summed E-state index contributed by atoms with van der Waals surface area (Å²) in [5.74, 6) is 0.0302. The van der Waals surface area contributed by atoms with Gasteiger partial charge in [0.1, 0.15) is 11.5 Å². The van der Waals surface area contributed by atoms with E-state index in [1.54, 1.807) is 49.4 Å². The molecule has 0 saturated heterocycles. The molecule has 0 aliphatic heterocycles. The summed E-state index contributed by atoms with van der Waals surface area (Å²) < 4.78 is 10.3. The van der Waals surface area contributed by atoms with Crippen molar-refractivity contribution in [3.05, 3.63) is 48.0 Å². The van der Waals surface area contributed by atoms with Crippen LogP contribution in [0.5, 0.6) is 11.5 Å². The lowest BCUT2D eigenvalue weighted by Crippen LogP contribution is -2.21. The molecule has 2 aromatic carbocycles. The average Bonchev–Trinajstić information content (AvgIpc) is 2.72. The first-order chi connectivity index (χ1) is 14.3. The number of anilines is 2. The van der Waals surface area contributed by atoms with Gasteiger partial charge in [0.05, 0.1) is 20.6 Å². The number of hydrogen-bond donors (Lipinski definition) is 3. The van der Waals surface area contributed by atoms with Crippen LogP contribution >= 0.6 is 0 Å². The third kappa shape index (κ3) is 6.93. The number of carbonyl (C=O) groups is 3. The minimum atomic E-state index is -0.458. The van der Waals surface area contributed by atoms with Crippen LogP contribution in [0.15, 0.2) is 47.6 Å². The Morgan fingerprint density at radius 3 is 1.90 bits per heavy atom. The van der Waals surface area contributed by atoms with Gasteiger partial charge in [-0.3, -0.25) is 14.4 Å². The van der Waals surface area contributed by atoms with Crippen LogP contribution in [0.1, 0.15) is 30.6 Å². The second kappa shape index (κ2) is 10.6. The van der Waals surface area contributed by atoms with E-state index in [2.05, 4.69) is 21.2 Å². The second-order valence-corrected chi connectivity index (χ2v) is 6.37. The zero-order valence-corrected chi connectivity index (χ0v) is 17.2. The van der Waals surface area contributed by atoms with E-state index in [0.29, 0.717) is 34.1 Å². The molecule has 9 heteroatoms. The molecule has 0 unspecified atom stereocenters. The normalized spacial score (nSPS) is 10.7. The molecule has 3 amide bonds. The van der Waals surface area contributed by atoms with E-state index in [0.717, 1.165) is 0 Å². The third-order valence-electron chi connectivity index (χ3n) is 3.87. The fraction of sp³-hybridized carbons (Fsp3) is 0.238. The Morgan fingerprint density at radius 2 is 1.40 bits per heavy atom. The van der Waals surface area contributed by atoms with Gasteiger partial charge in [-0.2, -0.15) is 5.10 Å². The van der Waals surface area contributed by atoms with Crippen molar-refractivity contribution >= 4 is 34.8 Å². The van der Waals surface area contributed by atoms with E-state index in [1.165, 1.54) is 21.1 Å². The molecule has 3 N–H and O–H groups in total. The van der Waals surface area contributed by atoms with Crippen LogP contribution in [-0.4, -0.2) is 37.7 Å². The van der Waals surface area contributed by atoms with Crippen molar-refractivity contribution in [3.63, 3.8) is 0 Å². The van der Waals surface area contributed by atoms with Gasteiger partial charge in [-0.15, -0.1) is 0 Å². The topological polar surface area (TPSA) is 118 Å². The Hall–Kier alpha value is -3.88. The van der Waals surface area contributed by atoms with Crippen molar-refractivity contribution in [2.24, 2.45) is 5.10 Å². The minimum Gasteiger partial charge on any atom is -0.497 e. The number of amides is 3. The van der Waals surface area contributed by atoms with Crippen LogP contribution in [0, 0.1) is 0 Å². The Labute approximate surface area is 174 Å². The summed E-state index contributed by atoms with van der Waals surface area (Å²) in [6, 6.07) is 11.5. The molecule has 0 heterocycles. The van der Waals surface area contributed by atoms with E-state index in [1.807, 2.05) is 0 Å². The van der Waals surface area contributed by atoms with Crippen LogP contribution < -0.4 is 25.5 Å². The zero-order valence-electron chi connectivity index (χ0n) is 17.2. The van der Waals surface area contributed by atoms with Gasteiger partial charge in [0.2, 0.25) is 11.8 Å². The molecule has 9 nitrogen and oxygen atoms in total. The molecule has 0 aliphatic rings. The lowest BCUT2D eigenvalue weighted by molar-refractivity contribution is -0.115. The molecule has 2 aromatic rings. The molecule has 0 aliphatic carbocycles. The largest absolute Gasteiger partial charge is 0.497 e. The summed E-state index contributed by atoms with van der Waals surface area (Å²) in [4.78, 5) is 35.5. The van der Waals surface area contributed by atoms with Gasteiger partial charge in [0.15, 0.2) is 0 Å². The average molecular weight is 412 g/mol. The van der Waals surface area contributed by atoms with E-state index in [9.17, 15) is 14.4 Å². The number of nitrogens with zero attached hydrogens (tertiary/aromatic N) is 1.